The Bertz CT molecular complexity index is 794. The number of nitrogens with zero attached hydrogens (tertiary/aromatic N) is 3. The number of aliphatic hydroxyl groups is 2. The van der Waals surface area contributed by atoms with E-state index in [1.54, 1.807) is 24.3 Å². The molecule has 0 fully saturated rings. The molecule has 0 spiro atoms. The number of rotatable bonds is 5. The van der Waals surface area contributed by atoms with Crippen LogP contribution in [0.1, 0.15) is 17.2 Å². The monoisotopic (exact) mass is 347 g/mol. The van der Waals surface area contributed by atoms with Crippen molar-refractivity contribution in [2.75, 3.05) is 0 Å². The molecule has 3 rings (SSSR count). The molecule has 2 aromatic carbocycles. The molecule has 0 aliphatic rings. The van der Waals surface area contributed by atoms with Crippen LogP contribution in [0.25, 0.3) is 0 Å². The molecule has 0 saturated heterocycles. The highest BCUT2D eigenvalue weighted by atomic mass is 35.5. The van der Waals surface area contributed by atoms with Crippen LogP contribution >= 0.6 is 11.6 Å². The molecule has 3 aromatic rings. The van der Waals surface area contributed by atoms with Crippen molar-refractivity contribution in [1.29, 1.82) is 0 Å². The predicted molar refractivity (Wildman–Crippen MR) is 86.7 cm³/mol. The van der Waals surface area contributed by atoms with Gasteiger partial charge in [-0.15, -0.1) is 0 Å². The Balaban J connectivity index is 2.03. The van der Waals surface area contributed by atoms with Crippen LogP contribution in [0.15, 0.2) is 61.2 Å². The largest absolute Gasteiger partial charge is 0.385 e. The zero-order valence-electron chi connectivity index (χ0n) is 12.5. The van der Waals surface area contributed by atoms with Crippen molar-refractivity contribution in [3.63, 3.8) is 0 Å². The van der Waals surface area contributed by atoms with E-state index in [2.05, 4.69) is 10.1 Å². The van der Waals surface area contributed by atoms with Gasteiger partial charge in [0.1, 0.15) is 30.2 Å². The Kier molecular flexibility index (Phi) is 4.62. The SMILES string of the molecule is O[C@H](c1ccc(F)cc1)[C@](O)(Cn1cncn1)c1ccc(Cl)cc1. The van der Waals surface area contributed by atoms with E-state index in [-0.39, 0.29) is 6.54 Å². The highest BCUT2D eigenvalue weighted by Crippen LogP contribution is 2.37. The molecule has 0 amide bonds. The lowest BCUT2D eigenvalue weighted by Crippen LogP contribution is -2.38. The number of benzene rings is 2. The summed E-state index contributed by atoms with van der Waals surface area (Å²) < 4.78 is 14.6. The molecule has 0 aliphatic heterocycles. The minimum Gasteiger partial charge on any atom is -0.385 e. The number of hydrogen-bond donors (Lipinski definition) is 2. The van der Waals surface area contributed by atoms with Gasteiger partial charge in [-0.05, 0) is 35.4 Å². The first kappa shape index (κ1) is 16.6. The summed E-state index contributed by atoms with van der Waals surface area (Å²) in [6, 6.07) is 11.8. The topological polar surface area (TPSA) is 71.2 Å². The van der Waals surface area contributed by atoms with Gasteiger partial charge in [-0.2, -0.15) is 5.10 Å². The molecular weight excluding hydrogens is 333 g/mol. The summed E-state index contributed by atoms with van der Waals surface area (Å²) in [5, 5.41) is 26.5. The zero-order valence-corrected chi connectivity index (χ0v) is 13.3. The molecule has 7 heteroatoms. The summed E-state index contributed by atoms with van der Waals surface area (Å²) in [4.78, 5) is 3.85. The highest BCUT2D eigenvalue weighted by molar-refractivity contribution is 6.30. The molecule has 0 saturated carbocycles. The molecule has 2 N–H and O–H groups in total. The maximum absolute atomic E-state index is 13.1. The van der Waals surface area contributed by atoms with Crippen molar-refractivity contribution in [2.24, 2.45) is 0 Å². The summed E-state index contributed by atoms with van der Waals surface area (Å²) in [6.07, 6.45) is 1.48. The summed E-state index contributed by atoms with van der Waals surface area (Å²) in [7, 11) is 0. The Morgan fingerprint density at radius 3 is 2.38 bits per heavy atom. The maximum Gasteiger partial charge on any atom is 0.139 e. The average Bonchev–Trinajstić information content (AvgIpc) is 3.08. The van der Waals surface area contributed by atoms with Gasteiger partial charge in [-0.25, -0.2) is 14.1 Å². The van der Waals surface area contributed by atoms with Crippen LogP contribution in [0.4, 0.5) is 4.39 Å². The lowest BCUT2D eigenvalue weighted by Gasteiger charge is -2.33. The van der Waals surface area contributed by atoms with Gasteiger partial charge in [0.25, 0.3) is 0 Å². The second kappa shape index (κ2) is 6.68. The molecule has 5 nitrogen and oxygen atoms in total. The van der Waals surface area contributed by atoms with Crippen LogP contribution in [0.3, 0.4) is 0 Å². The number of halogens is 2. The van der Waals surface area contributed by atoms with Gasteiger partial charge in [0.15, 0.2) is 0 Å². The van der Waals surface area contributed by atoms with E-state index in [0.29, 0.717) is 16.1 Å². The first-order chi connectivity index (χ1) is 11.5. The lowest BCUT2D eigenvalue weighted by molar-refractivity contribution is -0.0965. The third kappa shape index (κ3) is 3.31. The van der Waals surface area contributed by atoms with Crippen LogP contribution in [-0.4, -0.2) is 25.0 Å². The Morgan fingerprint density at radius 2 is 1.79 bits per heavy atom. The minimum absolute atomic E-state index is 0.0345. The fourth-order valence-corrected chi connectivity index (χ4v) is 2.68. The molecule has 0 bridgehead atoms. The zero-order chi connectivity index (χ0) is 17.2. The Hall–Kier alpha value is -2.28. The molecule has 124 valence electrons. The molecule has 24 heavy (non-hydrogen) atoms. The van der Waals surface area contributed by atoms with Crippen molar-refractivity contribution in [3.05, 3.63) is 83.2 Å². The smallest absolute Gasteiger partial charge is 0.139 e. The molecule has 1 heterocycles. The second-order valence-corrected chi connectivity index (χ2v) is 5.91. The minimum atomic E-state index is -1.70. The molecule has 0 radical (unpaired) electrons. The lowest BCUT2D eigenvalue weighted by atomic mass is 9.84. The Labute approximate surface area is 143 Å². The average molecular weight is 348 g/mol. The van der Waals surface area contributed by atoms with Gasteiger partial charge in [-0.3, -0.25) is 0 Å². The van der Waals surface area contributed by atoms with Crippen molar-refractivity contribution in [2.45, 2.75) is 18.2 Å². The highest BCUT2D eigenvalue weighted by Gasteiger charge is 2.39. The number of hydrogen-bond acceptors (Lipinski definition) is 4. The first-order valence-corrected chi connectivity index (χ1v) is 7.61. The van der Waals surface area contributed by atoms with Crippen molar-refractivity contribution >= 4 is 11.6 Å². The van der Waals surface area contributed by atoms with Crippen LogP contribution < -0.4 is 0 Å². The quantitative estimate of drug-likeness (QED) is 0.744. The van der Waals surface area contributed by atoms with E-state index in [1.165, 1.54) is 41.6 Å². The van der Waals surface area contributed by atoms with Crippen LogP contribution in [0.2, 0.25) is 5.02 Å². The summed E-state index contributed by atoms with van der Waals surface area (Å²) in [5.41, 5.74) is -0.857. The number of aliphatic hydroxyl groups excluding tert-OH is 1. The summed E-state index contributed by atoms with van der Waals surface area (Å²) in [5.74, 6) is -0.419. The number of aromatic nitrogens is 3. The third-order valence-corrected chi connectivity index (χ3v) is 4.10. The molecule has 1 aromatic heterocycles. The van der Waals surface area contributed by atoms with Crippen LogP contribution in [-0.2, 0) is 12.1 Å². The van der Waals surface area contributed by atoms with E-state index in [0.717, 1.165) is 0 Å². The molecule has 2 atom stereocenters. The molecular formula is C17H15ClFN3O2. The van der Waals surface area contributed by atoms with E-state index in [4.69, 9.17) is 11.6 Å². The van der Waals surface area contributed by atoms with E-state index in [9.17, 15) is 14.6 Å². The normalized spacial score (nSPS) is 15.0. The molecule has 0 aliphatic carbocycles. The van der Waals surface area contributed by atoms with Gasteiger partial charge in [-0.1, -0.05) is 35.9 Å². The summed E-state index contributed by atoms with van der Waals surface area (Å²) >= 11 is 5.91. The first-order valence-electron chi connectivity index (χ1n) is 7.23. The maximum atomic E-state index is 13.1. The van der Waals surface area contributed by atoms with Crippen molar-refractivity contribution < 1.29 is 14.6 Å². The van der Waals surface area contributed by atoms with Crippen molar-refractivity contribution in [1.82, 2.24) is 14.8 Å². The second-order valence-electron chi connectivity index (χ2n) is 5.48. The fraction of sp³-hybridized carbons (Fsp3) is 0.176. The van der Waals surface area contributed by atoms with E-state index < -0.39 is 17.5 Å². The van der Waals surface area contributed by atoms with E-state index >= 15 is 0 Å². The Morgan fingerprint density at radius 1 is 1.12 bits per heavy atom. The van der Waals surface area contributed by atoms with Gasteiger partial charge >= 0.3 is 0 Å². The predicted octanol–water partition coefficient (Wildman–Crippen LogP) is 2.69. The van der Waals surface area contributed by atoms with Crippen LogP contribution in [0, 0.1) is 5.82 Å². The van der Waals surface area contributed by atoms with Gasteiger partial charge in [0.05, 0.1) is 6.54 Å². The molecule has 0 unspecified atom stereocenters. The van der Waals surface area contributed by atoms with Gasteiger partial charge < -0.3 is 10.2 Å². The van der Waals surface area contributed by atoms with E-state index in [1.807, 2.05) is 0 Å². The third-order valence-electron chi connectivity index (χ3n) is 3.85. The summed E-state index contributed by atoms with van der Waals surface area (Å²) in [6.45, 7) is -0.0345. The van der Waals surface area contributed by atoms with Crippen molar-refractivity contribution in [3.8, 4) is 0 Å². The van der Waals surface area contributed by atoms with Crippen LogP contribution in [0.5, 0.6) is 0 Å². The fourth-order valence-electron chi connectivity index (χ4n) is 2.56. The standard InChI is InChI=1S/C17H15ClFN3O2/c18-14-5-3-13(4-6-14)17(24,9-22-11-20-10-21-22)16(23)12-1-7-15(19)8-2-12/h1-8,10-11,16,23-24H,9H2/t16-,17+/m1/s1. The van der Waals surface area contributed by atoms with Gasteiger partial charge in [0.2, 0.25) is 0 Å². The van der Waals surface area contributed by atoms with Gasteiger partial charge in [0, 0.05) is 5.02 Å².